The number of anilines is 1. The molecule has 0 bridgehead atoms. The number of hydrogen-bond donors (Lipinski definition) is 1. The van der Waals surface area contributed by atoms with Crippen molar-refractivity contribution in [2.75, 3.05) is 12.4 Å². The summed E-state index contributed by atoms with van der Waals surface area (Å²) < 4.78 is 0. The van der Waals surface area contributed by atoms with Gasteiger partial charge in [-0.1, -0.05) is 24.3 Å². The molecule has 0 aliphatic heterocycles. The lowest BCUT2D eigenvalue weighted by Gasteiger charge is -2.08. The van der Waals surface area contributed by atoms with Crippen LogP contribution < -0.4 is 5.32 Å². The first-order chi connectivity index (χ1) is 10.3. The van der Waals surface area contributed by atoms with Gasteiger partial charge in [0.25, 0.3) is 0 Å². The number of benzene rings is 1. The van der Waals surface area contributed by atoms with Gasteiger partial charge < -0.3 is 5.32 Å². The van der Waals surface area contributed by atoms with Crippen molar-refractivity contribution < 1.29 is 0 Å². The highest BCUT2D eigenvalue weighted by Crippen LogP contribution is 2.40. The molecule has 0 radical (unpaired) electrons. The first kappa shape index (κ1) is 12.8. The zero-order chi connectivity index (χ0) is 14.4. The summed E-state index contributed by atoms with van der Waals surface area (Å²) in [6.07, 6.45) is 3.62. The largest absolute Gasteiger partial charge is 0.372 e. The minimum atomic E-state index is 0.824. The van der Waals surface area contributed by atoms with Crippen LogP contribution >= 0.6 is 11.3 Å². The Morgan fingerprint density at radius 1 is 1.14 bits per heavy atom. The van der Waals surface area contributed by atoms with Gasteiger partial charge in [-0.05, 0) is 37.3 Å². The fourth-order valence-corrected chi connectivity index (χ4v) is 4.38. The molecule has 0 saturated heterocycles. The van der Waals surface area contributed by atoms with Crippen molar-refractivity contribution >= 4 is 27.4 Å². The smallest absolute Gasteiger partial charge is 0.163 e. The van der Waals surface area contributed by atoms with Crippen molar-refractivity contribution in [3.05, 3.63) is 40.3 Å². The van der Waals surface area contributed by atoms with E-state index in [1.54, 1.807) is 0 Å². The molecule has 1 aromatic carbocycles. The lowest BCUT2D eigenvalue weighted by Crippen LogP contribution is -1.99. The Morgan fingerprint density at radius 2 is 2.00 bits per heavy atom. The summed E-state index contributed by atoms with van der Waals surface area (Å²) in [7, 11) is 1.95. The fraction of sp³-hybridized carbons (Fsp3) is 0.294. The number of nitrogens with one attached hydrogen (secondary N) is 1. The van der Waals surface area contributed by atoms with Gasteiger partial charge in [0.2, 0.25) is 0 Å². The second-order valence-corrected chi connectivity index (χ2v) is 6.58. The molecule has 2 aromatic heterocycles. The quantitative estimate of drug-likeness (QED) is 0.770. The summed E-state index contributed by atoms with van der Waals surface area (Å²) in [5.74, 6) is 1.79. The average Bonchev–Trinajstić information content (AvgIpc) is 3.07. The molecular weight excluding hydrogens is 278 g/mol. The second-order valence-electron chi connectivity index (χ2n) is 5.50. The predicted molar refractivity (Wildman–Crippen MR) is 89.2 cm³/mol. The van der Waals surface area contributed by atoms with Crippen LogP contribution in [0.3, 0.4) is 0 Å². The molecule has 1 aliphatic carbocycles. The van der Waals surface area contributed by atoms with Crippen LogP contribution in [0.15, 0.2) is 24.3 Å². The number of fused-ring (bicyclic) bond motifs is 3. The summed E-state index contributed by atoms with van der Waals surface area (Å²) in [5, 5.41) is 4.51. The molecule has 3 nitrogen and oxygen atoms in total. The summed E-state index contributed by atoms with van der Waals surface area (Å²) in [6, 6.07) is 8.30. The van der Waals surface area contributed by atoms with Gasteiger partial charge in [0.1, 0.15) is 10.6 Å². The van der Waals surface area contributed by atoms with E-state index in [1.165, 1.54) is 34.2 Å². The van der Waals surface area contributed by atoms with Crippen LogP contribution in [-0.2, 0) is 12.8 Å². The van der Waals surface area contributed by atoms with Crippen molar-refractivity contribution in [1.82, 2.24) is 9.97 Å². The third-order valence-electron chi connectivity index (χ3n) is 4.19. The SMILES string of the molecule is CNc1nc(-c2ccccc2C)nc2sc3c(c12)CCC3. The fourth-order valence-electron chi connectivity index (χ4n) is 3.12. The molecule has 0 amide bonds. The van der Waals surface area contributed by atoms with E-state index in [0.29, 0.717) is 0 Å². The van der Waals surface area contributed by atoms with Gasteiger partial charge in [-0.3, -0.25) is 0 Å². The number of thiophene rings is 1. The Balaban J connectivity index is 1.99. The molecule has 21 heavy (non-hydrogen) atoms. The normalized spacial score (nSPS) is 13.6. The van der Waals surface area contributed by atoms with Gasteiger partial charge in [0.05, 0.1) is 5.39 Å². The van der Waals surface area contributed by atoms with Crippen LogP contribution in [0, 0.1) is 6.92 Å². The van der Waals surface area contributed by atoms with E-state index in [1.807, 2.05) is 24.5 Å². The lowest BCUT2D eigenvalue weighted by atomic mass is 10.1. The molecular formula is C17H17N3S. The minimum Gasteiger partial charge on any atom is -0.372 e. The third kappa shape index (κ3) is 1.94. The Bertz CT molecular complexity index is 835. The number of aromatic nitrogens is 2. The molecule has 3 aromatic rings. The third-order valence-corrected chi connectivity index (χ3v) is 5.37. The standard InChI is InChI=1S/C17H17N3S/c1-10-6-3-4-7-11(10)15-19-16(18-2)14-12-8-5-9-13(12)21-17(14)20-15/h3-4,6-7H,5,8-9H2,1-2H3,(H,18,19,20). The molecule has 2 heterocycles. The highest BCUT2D eigenvalue weighted by Gasteiger charge is 2.22. The zero-order valence-electron chi connectivity index (χ0n) is 12.2. The number of aryl methyl sites for hydroxylation is 3. The van der Waals surface area contributed by atoms with Crippen molar-refractivity contribution in [3.63, 3.8) is 0 Å². The first-order valence-corrected chi connectivity index (χ1v) is 8.15. The van der Waals surface area contributed by atoms with Gasteiger partial charge in [0, 0.05) is 17.5 Å². The van der Waals surface area contributed by atoms with E-state index < -0.39 is 0 Å². The van der Waals surface area contributed by atoms with Crippen molar-refractivity contribution in [2.24, 2.45) is 0 Å². The van der Waals surface area contributed by atoms with Crippen molar-refractivity contribution in [1.29, 1.82) is 0 Å². The number of rotatable bonds is 2. The molecule has 1 aliphatic rings. The molecule has 0 spiro atoms. The number of nitrogens with zero attached hydrogens (tertiary/aromatic N) is 2. The molecule has 4 heteroatoms. The molecule has 0 fully saturated rings. The Hall–Kier alpha value is -1.94. The van der Waals surface area contributed by atoms with Gasteiger partial charge in [-0.25, -0.2) is 9.97 Å². The van der Waals surface area contributed by atoms with E-state index in [2.05, 4.69) is 30.4 Å². The monoisotopic (exact) mass is 295 g/mol. The maximum atomic E-state index is 4.85. The van der Waals surface area contributed by atoms with Crippen LogP contribution in [-0.4, -0.2) is 17.0 Å². The average molecular weight is 295 g/mol. The van der Waals surface area contributed by atoms with Crippen molar-refractivity contribution in [2.45, 2.75) is 26.2 Å². The maximum Gasteiger partial charge on any atom is 0.163 e. The summed E-state index contributed by atoms with van der Waals surface area (Å²) >= 11 is 1.84. The van der Waals surface area contributed by atoms with Gasteiger partial charge in [-0.15, -0.1) is 11.3 Å². The second kappa shape index (κ2) is 4.81. The number of hydrogen-bond acceptors (Lipinski definition) is 4. The highest BCUT2D eigenvalue weighted by molar-refractivity contribution is 7.19. The Kier molecular flexibility index (Phi) is 2.93. The molecule has 4 rings (SSSR count). The van der Waals surface area contributed by atoms with E-state index >= 15 is 0 Å². The van der Waals surface area contributed by atoms with Crippen LogP contribution in [0.2, 0.25) is 0 Å². The van der Waals surface area contributed by atoms with Crippen LogP contribution in [0.4, 0.5) is 5.82 Å². The van der Waals surface area contributed by atoms with Gasteiger partial charge in [0.15, 0.2) is 5.82 Å². The van der Waals surface area contributed by atoms with Crippen LogP contribution in [0.25, 0.3) is 21.6 Å². The zero-order valence-corrected chi connectivity index (χ0v) is 13.0. The van der Waals surface area contributed by atoms with Crippen molar-refractivity contribution in [3.8, 4) is 11.4 Å². The summed E-state index contributed by atoms with van der Waals surface area (Å²) in [5.41, 5.74) is 3.79. The Labute approximate surface area is 128 Å². The van der Waals surface area contributed by atoms with Crippen LogP contribution in [0.1, 0.15) is 22.4 Å². The van der Waals surface area contributed by atoms with Gasteiger partial charge >= 0.3 is 0 Å². The maximum absolute atomic E-state index is 4.85. The molecule has 0 saturated carbocycles. The molecule has 0 atom stereocenters. The highest BCUT2D eigenvalue weighted by atomic mass is 32.1. The van der Waals surface area contributed by atoms with E-state index in [4.69, 9.17) is 9.97 Å². The van der Waals surface area contributed by atoms with Crippen LogP contribution in [0.5, 0.6) is 0 Å². The predicted octanol–water partition coefficient (Wildman–Crippen LogP) is 4.20. The molecule has 1 N–H and O–H groups in total. The summed E-state index contributed by atoms with van der Waals surface area (Å²) in [4.78, 5) is 12.3. The minimum absolute atomic E-state index is 0.824. The molecule has 0 unspecified atom stereocenters. The first-order valence-electron chi connectivity index (χ1n) is 7.34. The summed E-state index contributed by atoms with van der Waals surface area (Å²) in [6.45, 7) is 2.11. The van der Waals surface area contributed by atoms with E-state index in [0.717, 1.165) is 28.5 Å². The molecule has 106 valence electrons. The van der Waals surface area contributed by atoms with E-state index in [-0.39, 0.29) is 0 Å². The van der Waals surface area contributed by atoms with Gasteiger partial charge in [-0.2, -0.15) is 0 Å². The lowest BCUT2D eigenvalue weighted by molar-refractivity contribution is 0.917. The van der Waals surface area contributed by atoms with E-state index in [9.17, 15) is 0 Å². The Morgan fingerprint density at radius 3 is 2.81 bits per heavy atom. The topological polar surface area (TPSA) is 37.8 Å².